The van der Waals surface area contributed by atoms with Crippen molar-refractivity contribution in [1.29, 1.82) is 0 Å². The Morgan fingerprint density at radius 3 is 1.83 bits per heavy atom. The van der Waals surface area contributed by atoms with Crippen LogP contribution in [0.2, 0.25) is 33.2 Å². The molecule has 302 valence electrons. The molecule has 0 aromatic carbocycles. The van der Waals surface area contributed by atoms with Gasteiger partial charge < -0.3 is 14.0 Å². The molecule has 0 heterocycles. The molecule has 0 bridgehead atoms. The second-order valence-corrected chi connectivity index (χ2v) is 31.5. The predicted octanol–water partition coefficient (Wildman–Crippen LogP) is 15.0. The molecule has 0 aromatic heterocycles. The molecule has 1 N–H and O–H groups in total. The van der Waals surface area contributed by atoms with Crippen LogP contribution in [0.15, 0.2) is 35.5 Å². The van der Waals surface area contributed by atoms with Gasteiger partial charge in [-0.2, -0.15) is 0 Å². The first kappa shape index (κ1) is 45.9. The maximum atomic E-state index is 10.0. The molecule has 0 aromatic rings. The summed E-state index contributed by atoms with van der Waals surface area (Å²) in [4.78, 5) is 0. The van der Waals surface area contributed by atoms with E-state index < -0.39 is 22.2 Å². The van der Waals surface area contributed by atoms with E-state index in [1.54, 1.807) is 5.57 Å². The highest BCUT2D eigenvalue weighted by molar-refractivity contribution is 6.78. The first-order valence-corrected chi connectivity index (χ1v) is 26.6. The van der Waals surface area contributed by atoms with Gasteiger partial charge in [-0.1, -0.05) is 153 Å². The van der Waals surface area contributed by atoms with Gasteiger partial charge in [0.2, 0.25) is 16.6 Å². The fourth-order valence-electron chi connectivity index (χ4n) is 12.3. The fourth-order valence-corrected chi connectivity index (χ4v) is 23.4. The molecule has 0 saturated heterocycles. The van der Waals surface area contributed by atoms with Gasteiger partial charge in [-0.05, 0) is 120 Å². The van der Waals surface area contributed by atoms with Gasteiger partial charge in [-0.3, -0.25) is 0 Å². The molecule has 0 spiro atoms. The minimum absolute atomic E-state index is 0.0306. The highest BCUT2D eigenvalue weighted by Crippen LogP contribution is 2.58. The smallest absolute Gasteiger partial charge is 0.201 e. The van der Waals surface area contributed by atoms with E-state index >= 15 is 0 Å². The zero-order valence-corrected chi connectivity index (χ0v) is 39.3. The normalized spacial score (nSPS) is 28.2. The van der Waals surface area contributed by atoms with Crippen molar-refractivity contribution >= 4 is 16.6 Å². The minimum Gasteiger partial charge on any atom is -0.413 e. The van der Waals surface area contributed by atoms with Crippen LogP contribution in [0.25, 0.3) is 0 Å². The first-order valence-electron chi connectivity index (χ1n) is 22.3. The molecule has 3 fully saturated rings. The molecule has 0 aliphatic heterocycles. The van der Waals surface area contributed by atoms with Crippen molar-refractivity contribution in [2.75, 3.05) is 0 Å². The Kier molecular flexibility index (Phi) is 16.9. The lowest BCUT2D eigenvalue weighted by Gasteiger charge is -2.49. The van der Waals surface area contributed by atoms with Crippen LogP contribution >= 0.6 is 0 Å². The Morgan fingerprint density at radius 1 is 0.769 bits per heavy atom. The summed E-state index contributed by atoms with van der Waals surface area (Å²) in [7, 11) is -4.18. The SMILES string of the molecule is C=C1/C(=C\C=C2/CC[C@@H](CCCCCCCC(C)(C)O)[C@]3(C)CCC[C@@H]23)C[C@@H](O[Si](C(C)C)(C(C)C)C(C)C)C[C@@H]1O[Si](C(C)C)(C(C)C)C(C)C. The number of unbranched alkanes of at least 4 members (excludes halogenated alkanes) is 4. The summed E-state index contributed by atoms with van der Waals surface area (Å²) < 4.78 is 15.2. The maximum absolute atomic E-state index is 10.0. The van der Waals surface area contributed by atoms with Crippen molar-refractivity contribution in [2.24, 2.45) is 17.3 Å². The molecule has 3 aliphatic carbocycles. The number of hydrogen-bond donors (Lipinski definition) is 1. The van der Waals surface area contributed by atoms with E-state index in [0.717, 1.165) is 37.5 Å². The van der Waals surface area contributed by atoms with E-state index in [1.807, 2.05) is 13.8 Å². The van der Waals surface area contributed by atoms with Crippen LogP contribution < -0.4 is 0 Å². The van der Waals surface area contributed by atoms with Crippen molar-refractivity contribution in [3.05, 3.63) is 35.5 Å². The maximum Gasteiger partial charge on any atom is 0.201 e. The highest BCUT2D eigenvalue weighted by Gasteiger charge is 2.51. The number of allylic oxidation sites excluding steroid dienone is 3. The van der Waals surface area contributed by atoms with Gasteiger partial charge >= 0.3 is 0 Å². The molecule has 3 rings (SSSR count). The summed E-state index contributed by atoms with van der Waals surface area (Å²) in [5, 5.41) is 10.0. The second-order valence-electron chi connectivity index (χ2n) is 20.7. The van der Waals surface area contributed by atoms with Gasteiger partial charge in [0.05, 0.1) is 17.8 Å². The lowest BCUT2D eigenvalue weighted by Crippen LogP contribution is -2.54. The molecular formula is C47H88O3Si2. The van der Waals surface area contributed by atoms with Gasteiger partial charge in [-0.25, -0.2) is 0 Å². The zero-order chi connectivity index (χ0) is 39.2. The molecule has 0 radical (unpaired) electrons. The van der Waals surface area contributed by atoms with E-state index in [1.165, 1.54) is 75.4 Å². The van der Waals surface area contributed by atoms with Crippen molar-refractivity contribution in [3.8, 4) is 0 Å². The standard InChI is InChI=1S/C47H88O3Si2/c1-33(2)51(34(3)4,35(5)6)49-43-31-41(39(13)45(32-43)50-52(36(7)8,37(9)10)38(11)12)26-25-40-27-28-42(47(16)30-22-24-44(40)47)23-20-18-17-19-21-29-46(14,15)48/h25-26,33-38,42-45,48H,13,17-24,27-32H2,1-12,14-16H3/b40-25+,41-26-/t42-,43-,44+,45+,47+/m1/s1. The highest BCUT2D eigenvalue weighted by atomic mass is 28.4. The van der Waals surface area contributed by atoms with Crippen molar-refractivity contribution in [2.45, 2.75) is 245 Å². The van der Waals surface area contributed by atoms with Crippen LogP contribution in [-0.4, -0.2) is 39.6 Å². The van der Waals surface area contributed by atoms with Crippen LogP contribution in [0, 0.1) is 17.3 Å². The summed E-state index contributed by atoms with van der Waals surface area (Å²) in [5.41, 5.74) is 7.57. The van der Waals surface area contributed by atoms with Crippen LogP contribution in [0.3, 0.4) is 0 Å². The fraction of sp³-hybridized carbons (Fsp3) is 0.872. The summed E-state index contributed by atoms with van der Waals surface area (Å²) >= 11 is 0. The van der Waals surface area contributed by atoms with Crippen LogP contribution in [0.1, 0.15) is 194 Å². The van der Waals surface area contributed by atoms with E-state index in [4.69, 9.17) is 15.4 Å². The quantitative estimate of drug-likeness (QED) is 0.105. The van der Waals surface area contributed by atoms with Crippen LogP contribution in [0.5, 0.6) is 0 Å². The lowest BCUT2D eigenvalue weighted by atomic mass is 9.59. The van der Waals surface area contributed by atoms with Crippen LogP contribution in [-0.2, 0) is 8.85 Å². The van der Waals surface area contributed by atoms with E-state index in [9.17, 15) is 5.11 Å². The van der Waals surface area contributed by atoms with E-state index in [0.29, 0.717) is 38.7 Å². The molecule has 3 aliphatic rings. The minimum atomic E-state index is -2.12. The second kappa shape index (κ2) is 19.1. The topological polar surface area (TPSA) is 38.7 Å². The molecule has 0 amide bonds. The monoisotopic (exact) mass is 757 g/mol. The number of rotatable bonds is 19. The third-order valence-electron chi connectivity index (χ3n) is 14.9. The van der Waals surface area contributed by atoms with Crippen molar-refractivity contribution < 1.29 is 14.0 Å². The molecule has 3 nitrogen and oxygen atoms in total. The number of hydrogen-bond acceptors (Lipinski definition) is 3. The molecular weight excluding hydrogens is 669 g/mol. The average molecular weight is 757 g/mol. The molecule has 0 unspecified atom stereocenters. The van der Waals surface area contributed by atoms with Gasteiger partial charge in [0.25, 0.3) is 0 Å². The van der Waals surface area contributed by atoms with Crippen LogP contribution in [0.4, 0.5) is 0 Å². The van der Waals surface area contributed by atoms with Gasteiger partial charge in [0, 0.05) is 6.42 Å². The third kappa shape index (κ3) is 10.5. The summed E-state index contributed by atoms with van der Waals surface area (Å²) in [6, 6.07) is 0. The molecule has 3 saturated carbocycles. The lowest BCUT2D eigenvalue weighted by molar-refractivity contribution is 0.0678. The Balaban J connectivity index is 1.88. The van der Waals surface area contributed by atoms with E-state index in [2.05, 4.69) is 102 Å². The summed E-state index contributed by atoms with van der Waals surface area (Å²) in [5.74, 6) is 1.57. The largest absolute Gasteiger partial charge is 0.413 e. The number of fused-ring (bicyclic) bond motifs is 1. The van der Waals surface area contributed by atoms with Gasteiger partial charge in [0.15, 0.2) is 0 Å². The van der Waals surface area contributed by atoms with Crippen molar-refractivity contribution in [1.82, 2.24) is 0 Å². The Bertz CT molecular complexity index is 1140. The molecule has 52 heavy (non-hydrogen) atoms. The Hall–Kier alpha value is -0.466. The van der Waals surface area contributed by atoms with Crippen molar-refractivity contribution in [3.63, 3.8) is 0 Å². The summed E-state index contributed by atoms with van der Waals surface area (Å²) in [6.07, 6.45) is 22.6. The zero-order valence-electron chi connectivity index (χ0n) is 37.3. The van der Waals surface area contributed by atoms with Gasteiger partial charge in [-0.15, -0.1) is 0 Å². The Labute approximate surface area is 326 Å². The molecule has 5 atom stereocenters. The number of aliphatic hydroxyl groups is 1. The summed E-state index contributed by atoms with van der Waals surface area (Å²) in [6.45, 7) is 40.4. The molecule has 5 heteroatoms. The average Bonchev–Trinajstić information content (AvgIpc) is 3.44. The first-order chi connectivity index (χ1) is 24.1. The Morgan fingerprint density at radius 2 is 1.29 bits per heavy atom. The predicted molar refractivity (Wildman–Crippen MR) is 233 cm³/mol. The third-order valence-corrected chi connectivity index (χ3v) is 27.1. The van der Waals surface area contributed by atoms with E-state index in [-0.39, 0.29) is 12.2 Å². The van der Waals surface area contributed by atoms with Gasteiger partial charge in [0.1, 0.15) is 0 Å².